The zero-order valence-electron chi connectivity index (χ0n) is 25.5. The van der Waals surface area contributed by atoms with E-state index in [0.29, 0.717) is 5.92 Å². The predicted octanol–water partition coefficient (Wildman–Crippen LogP) is 10.2. The van der Waals surface area contributed by atoms with Gasteiger partial charge in [0.25, 0.3) is 0 Å². The van der Waals surface area contributed by atoms with Crippen LogP contribution in [0.1, 0.15) is 188 Å². The summed E-state index contributed by atoms with van der Waals surface area (Å²) >= 11 is 0. The summed E-state index contributed by atoms with van der Waals surface area (Å²) in [4.78, 5) is 21.6. The second kappa shape index (κ2) is 27.6. The van der Waals surface area contributed by atoms with Crippen molar-refractivity contribution in [2.75, 3.05) is 0 Å². The molecule has 0 radical (unpaired) electrons. The van der Waals surface area contributed by atoms with E-state index in [0.717, 1.165) is 0 Å². The molecule has 0 rings (SSSR count). The van der Waals surface area contributed by atoms with Gasteiger partial charge in [0.2, 0.25) is 0 Å². The van der Waals surface area contributed by atoms with Crippen LogP contribution in [0.3, 0.4) is 0 Å². The molecule has 0 saturated heterocycles. The molecule has 0 aliphatic heterocycles. The molecule has 0 aliphatic rings. The molecule has 37 heavy (non-hydrogen) atoms. The first-order valence-electron chi connectivity index (χ1n) is 16.1. The van der Waals surface area contributed by atoms with Gasteiger partial charge in [-0.2, -0.15) is 0 Å². The lowest BCUT2D eigenvalue weighted by Gasteiger charge is -2.31. The van der Waals surface area contributed by atoms with Crippen LogP contribution in [-0.4, -0.2) is 20.2 Å². The molecule has 5 N–H and O–H groups in total. The predicted molar refractivity (Wildman–Crippen MR) is 163 cm³/mol. The monoisotopic (exact) mass is 549 g/mol. The van der Waals surface area contributed by atoms with Crippen molar-refractivity contribution >= 4 is 7.82 Å². The zero-order chi connectivity index (χ0) is 28.3. The lowest BCUT2D eigenvalue weighted by molar-refractivity contribution is 0.267. The summed E-state index contributed by atoms with van der Waals surface area (Å²) in [6, 6.07) is 0. The third-order valence-electron chi connectivity index (χ3n) is 7.61. The number of hydrogen-bond acceptors (Lipinski definition) is 2. The van der Waals surface area contributed by atoms with E-state index in [4.69, 9.17) is 25.0 Å². The van der Waals surface area contributed by atoms with Gasteiger partial charge < -0.3 is 20.4 Å². The minimum atomic E-state index is -4.64. The maximum atomic E-state index is 8.88. The van der Waals surface area contributed by atoms with E-state index in [1.807, 2.05) is 0 Å². The standard InChI is InChI=1S/C31H65N.H3O4P/c1-5-7-9-11-13-15-16-17-18-19-20-21-23-25-27-29-30(31(3,4)32)28-26-24-22-14-12-10-8-6-2;1-5(2,3)4/h30H,5-29,32H2,1-4H3;(H3,1,2,3,4). The van der Waals surface area contributed by atoms with Crippen LogP contribution in [0.15, 0.2) is 0 Å². The molecule has 0 heterocycles. The Bertz CT molecular complexity index is 482. The summed E-state index contributed by atoms with van der Waals surface area (Å²) in [7, 11) is -4.64. The number of hydrogen-bond donors (Lipinski definition) is 4. The lowest BCUT2D eigenvalue weighted by atomic mass is 9.80. The molecule has 0 aromatic carbocycles. The third-order valence-corrected chi connectivity index (χ3v) is 7.61. The van der Waals surface area contributed by atoms with E-state index in [9.17, 15) is 0 Å². The number of rotatable bonds is 26. The van der Waals surface area contributed by atoms with Crippen molar-refractivity contribution < 1.29 is 19.2 Å². The summed E-state index contributed by atoms with van der Waals surface area (Å²) in [6.07, 6.45) is 35.7. The SMILES string of the molecule is CCCCCCCCCCCCCCCCCC(CCCCCCCCCC)C(C)(C)N.O=P(O)(O)O. The Morgan fingerprint density at radius 1 is 0.514 bits per heavy atom. The Hall–Kier alpha value is 0.0700. The van der Waals surface area contributed by atoms with Crippen molar-refractivity contribution in [2.24, 2.45) is 11.7 Å². The summed E-state index contributed by atoms with van der Waals surface area (Å²) in [5.74, 6) is 0.713. The summed E-state index contributed by atoms with van der Waals surface area (Å²) in [5.41, 5.74) is 6.53. The van der Waals surface area contributed by atoms with Crippen LogP contribution in [0.25, 0.3) is 0 Å². The van der Waals surface area contributed by atoms with Crippen molar-refractivity contribution in [1.82, 2.24) is 0 Å². The highest BCUT2D eigenvalue weighted by Gasteiger charge is 2.23. The largest absolute Gasteiger partial charge is 0.466 e. The zero-order valence-corrected chi connectivity index (χ0v) is 26.4. The van der Waals surface area contributed by atoms with Gasteiger partial charge in [0.05, 0.1) is 0 Å². The number of nitrogens with two attached hydrogens (primary N) is 1. The highest BCUT2D eigenvalue weighted by Crippen LogP contribution is 2.27. The second-order valence-electron chi connectivity index (χ2n) is 12.0. The topological polar surface area (TPSA) is 104 Å². The van der Waals surface area contributed by atoms with Crippen molar-refractivity contribution in [3.05, 3.63) is 0 Å². The summed E-state index contributed by atoms with van der Waals surface area (Å²) in [5, 5.41) is 0. The quantitative estimate of drug-likeness (QED) is 0.0634. The maximum absolute atomic E-state index is 8.88. The number of unbranched alkanes of at least 4 members (excludes halogenated alkanes) is 21. The van der Waals surface area contributed by atoms with Crippen molar-refractivity contribution in [3.63, 3.8) is 0 Å². The molecule has 0 aliphatic carbocycles. The van der Waals surface area contributed by atoms with E-state index in [2.05, 4.69) is 27.7 Å². The Morgan fingerprint density at radius 2 is 0.703 bits per heavy atom. The molecule has 1 atom stereocenters. The van der Waals surface area contributed by atoms with Crippen molar-refractivity contribution in [2.45, 2.75) is 194 Å². The van der Waals surface area contributed by atoms with Gasteiger partial charge in [-0.05, 0) is 32.6 Å². The average Bonchev–Trinajstić information content (AvgIpc) is 2.80. The van der Waals surface area contributed by atoms with Gasteiger partial charge in [-0.1, -0.05) is 162 Å². The molecule has 0 aromatic rings. The van der Waals surface area contributed by atoms with Gasteiger partial charge in [0.15, 0.2) is 0 Å². The molecule has 0 bridgehead atoms. The lowest BCUT2D eigenvalue weighted by Crippen LogP contribution is -2.40. The minimum absolute atomic E-state index is 0.00285. The van der Waals surface area contributed by atoms with Gasteiger partial charge in [-0.15, -0.1) is 0 Å². The van der Waals surface area contributed by atoms with Gasteiger partial charge in [-0.25, -0.2) is 4.57 Å². The van der Waals surface area contributed by atoms with Crippen LogP contribution in [-0.2, 0) is 4.57 Å². The first kappa shape index (κ1) is 39.2. The van der Waals surface area contributed by atoms with E-state index in [1.54, 1.807) is 0 Å². The van der Waals surface area contributed by atoms with Crippen LogP contribution in [0.2, 0.25) is 0 Å². The van der Waals surface area contributed by atoms with E-state index >= 15 is 0 Å². The molecule has 6 heteroatoms. The number of phosphoric acid groups is 1. The van der Waals surface area contributed by atoms with Gasteiger partial charge in [0.1, 0.15) is 0 Å². The average molecular weight is 550 g/mol. The second-order valence-corrected chi connectivity index (χ2v) is 13.1. The maximum Gasteiger partial charge on any atom is 0.466 e. The molecule has 0 fully saturated rings. The molecular weight excluding hydrogens is 481 g/mol. The third kappa shape index (κ3) is 38.3. The Balaban J connectivity index is 0. The van der Waals surface area contributed by atoms with Crippen LogP contribution in [0.4, 0.5) is 0 Å². The van der Waals surface area contributed by atoms with Crippen LogP contribution in [0, 0.1) is 5.92 Å². The Labute approximate surface area is 232 Å². The van der Waals surface area contributed by atoms with Crippen LogP contribution >= 0.6 is 7.82 Å². The minimum Gasteiger partial charge on any atom is -0.325 e. The first-order valence-corrected chi connectivity index (χ1v) is 17.7. The molecule has 0 saturated carbocycles. The molecule has 1 unspecified atom stereocenters. The molecular formula is C31H68NO4P. The normalized spacial score (nSPS) is 12.9. The summed E-state index contributed by atoms with van der Waals surface area (Å²) in [6.45, 7) is 9.12. The van der Waals surface area contributed by atoms with Gasteiger partial charge in [-0.3, -0.25) is 0 Å². The van der Waals surface area contributed by atoms with Crippen molar-refractivity contribution in [3.8, 4) is 0 Å². The fourth-order valence-electron chi connectivity index (χ4n) is 5.18. The molecule has 0 spiro atoms. The molecule has 0 aromatic heterocycles. The van der Waals surface area contributed by atoms with E-state index in [-0.39, 0.29) is 5.54 Å². The van der Waals surface area contributed by atoms with Crippen LogP contribution < -0.4 is 5.73 Å². The fraction of sp³-hybridized carbons (Fsp3) is 1.00. The van der Waals surface area contributed by atoms with Gasteiger partial charge in [0, 0.05) is 5.54 Å². The molecule has 226 valence electrons. The highest BCUT2D eigenvalue weighted by molar-refractivity contribution is 7.45. The first-order chi connectivity index (χ1) is 17.5. The molecule has 0 amide bonds. The van der Waals surface area contributed by atoms with Gasteiger partial charge >= 0.3 is 7.82 Å². The van der Waals surface area contributed by atoms with E-state index < -0.39 is 7.82 Å². The van der Waals surface area contributed by atoms with Crippen LogP contribution in [0.5, 0.6) is 0 Å². The summed E-state index contributed by atoms with van der Waals surface area (Å²) < 4.78 is 8.88. The van der Waals surface area contributed by atoms with E-state index in [1.165, 1.54) is 161 Å². The smallest absolute Gasteiger partial charge is 0.325 e. The Kier molecular flexibility index (Phi) is 29.3. The highest BCUT2D eigenvalue weighted by atomic mass is 31.2. The fourth-order valence-corrected chi connectivity index (χ4v) is 5.18. The van der Waals surface area contributed by atoms with Crippen molar-refractivity contribution in [1.29, 1.82) is 0 Å². The Morgan fingerprint density at radius 3 is 0.892 bits per heavy atom. The molecule has 5 nitrogen and oxygen atoms in total.